The fraction of sp³-hybridized carbons (Fsp3) is 0. The zero-order valence-electron chi connectivity index (χ0n) is 32.9. The minimum atomic E-state index is -0.454. The summed E-state index contributed by atoms with van der Waals surface area (Å²) in [4.78, 5) is 11.4. The summed E-state index contributed by atoms with van der Waals surface area (Å²) in [6, 6.07) is 42.0. The number of rotatable bonds is 4. The van der Waals surface area contributed by atoms with E-state index in [1.54, 1.807) is 11.3 Å². The molecule has 3 heteroatoms. The number of benzene rings is 7. The molecule has 0 amide bonds. The third-order valence-electron chi connectivity index (χ3n) is 9.25. The molecule has 7 aromatic carbocycles. The molecule has 0 saturated carbocycles. The van der Waals surface area contributed by atoms with Crippen molar-refractivity contribution < 1.29 is 9.60 Å². The van der Waals surface area contributed by atoms with Crippen molar-refractivity contribution in [3.8, 4) is 43.3 Å². The molecule has 0 bridgehead atoms. The van der Waals surface area contributed by atoms with Gasteiger partial charge in [-0.05, 0) is 79.3 Å². The molecule has 10 aromatic rings. The van der Waals surface area contributed by atoms with Gasteiger partial charge in [-0.1, -0.05) is 133 Å². The Labute approximate surface area is 297 Å². The topological polar surface area (TPSA) is 25.8 Å². The molecule has 10 rings (SSSR count). The van der Waals surface area contributed by atoms with Crippen molar-refractivity contribution in [3.63, 3.8) is 0 Å². The summed E-state index contributed by atoms with van der Waals surface area (Å²) in [6.45, 7) is 0. The number of hydrogen-bond acceptors (Lipinski definition) is 3. The van der Waals surface area contributed by atoms with Crippen molar-refractivity contribution >= 4 is 65.5 Å². The molecule has 0 aliphatic carbocycles. The Morgan fingerprint density at radius 1 is 0.449 bits per heavy atom. The van der Waals surface area contributed by atoms with Gasteiger partial charge in [0.1, 0.15) is 0 Å². The van der Waals surface area contributed by atoms with Crippen molar-refractivity contribution in [2.45, 2.75) is 0 Å². The summed E-state index contributed by atoms with van der Waals surface area (Å²) in [6.07, 6.45) is -0.454. The predicted octanol–water partition coefficient (Wildman–Crippen LogP) is 13.0. The highest BCUT2D eigenvalue weighted by Crippen LogP contribution is 2.42. The zero-order chi connectivity index (χ0) is 38.4. The van der Waals surface area contributed by atoms with Gasteiger partial charge in [0.05, 0.1) is 26.3 Å². The van der Waals surface area contributed by atoms with Crippen LogP contribution in [0.4, 0.5) is 0 Å². The second kappa shape index (κ2) is 11.2. The molecule has 228 valence electrons. The molecule has 0 N–H and O–H groups in total. The lowest BCUT2D eigenvalue weighted by Crippen LogP contribution is -1.91. The SMILES string of the molecule is [2H]c1nc2c(c([2H])c1[2H])c([2H])c([2H])c1c([2H])c([2H])c(-c3ccc(-c4ccc(-c5ccc(-c6cc7ccccc7c7ccccc67)s5)cc4)c4ccccc34)nc12. The maximum absolute atomic E-state index is 9.02. The lowest BCUT2D eigenvalue weighted by Gasteiger charge is -2.13. The van der Waals surface area contributed by atoms with Crippen LogP contribution in [0.25, 0.3) is 97.4 Å². The molecule has 0 aliphatic rings. The number of fused-ring (bicyclic) bond motifs is 7. The Morgan fingerprint density at radius 3 is 1.88 bits per heavy atom. The molecule has 3 heterocycles. The first kappa shape index (κ1) is 21.7. The molecule has 0 aliphatic heterocycles. The molecule has 0 atom stereocenters. The van der Waals surface area contributed by atoms with Gasteiger partial charge in [0.2, 0.25) is 0 Å². The summed E-state index contributed by atoms with van der Waals surface area (Å²) in [5.74, 6) is 0. The van der Waals surface area contributed by atoms with Crippen LogP contribution in [0.2, 0.25) is 0 Å². The van der Waals surface area contributed by atoms with Crippen molar-refractivity contribution in [1.29, 1.82) is 0 Å². The van der Waals surface area contributed by atoms with Crippen LogP contribution in [-0.4, -0.2) is 9.97 Å². The Kier molecular flexibility index (Phi) is 4.96. The van der Waals surface area contributed by atoms with Crippen LogP contribution in [0, 0.1) is 0 Å². The summed E-state index contributed by atoms with van der Waals surface area (Å²) in [5, 5.41) is 6.60. The van der Waals surface area contributed by atoms with Gasteiger partial charge in [-0.2, -0.15) is 0 Å². The highest BCUT2D eigenvalue weighted by molar-refractivity contribution is 7.19. The second-order valence-corrected chi connectivity index (χ2v) is 13.1. The van der Waals surface area contributed by atoms with Crippen LogP contribution in [0.5, 0.6) is 0 Å². The van der Waals surface area contributed by atoms with Crippen LogP contribution in [0.1, 0.15) is 9.60 Å². The summed E-state index contributed by atoms with van der Waals surface area (Å²) in [5.41, 5.74) is 5.22. The first-order chi connectivity index (χ1) is 27.2. The molecular weight excluding hydrogens is 613 g/mol. The van der Waals surface area contributed by atoms with Crippen molar-refractivity contribution in [2.24, 2.45) is 0 Å². The van der Waals surface area contributed by atoms with Crippen LogP contribution in [0.15, 0.2) is 170 Å². The normalized spacial score (nSPS) is 13.7. The molecule has 0 fully saturated rings. The van der Waals surface area contributed by atoms with Crippen LogP contribution in [0.3, 0.4) is 0 Å². The quantitative estimate of drug-likeness (QED) is 0.178. The van der Waals surface area contributed by atoms with Crippen molar-refractivity contribution in [1.82, 2.24) is 9.97 Å². The van der Waals surface area contributed by atoms with E-state index in [1.165, 1.54) is 36.9 Å². The smallest absolute Gasteiger partial charge is 0.0972 e. The van der Waals surface area contributed by atoms with Crippen LogP contribution in [-0.2, 0) is 0 Å². The average molecular weight is 648 g/mol. The Bertz CT molecular complexity index is 3290. The van der Waals surface area contributed by atoms with Crippen LogP contribution >= 0.6 is 11.3 Å². The maximum Gasteiger partial charge on any atom is 0.0972 e. The van der Waals surface area contributed by atoms with Gasteiger partial charge in [-0.3, -0.25) is 4.98 Å². The van der Waals surface area contributed by atoms with Gasteiger partial charge in [0, 0.05) is 37.8 Å². The summed E-state index contributed by atoms with van der Waals surface area (Å²) < 4.78 is 59.9. The monoisotopic (exact) mass is 647 g/mol. The Hall–Kier alpha value is -6.16. The van der Waals surface area contributed by atoms with Crippen LogP contribution < -0.4 is 0 Å². The number of nitrogens with zero attached hydrogens (tertiary/aromatic N) is 2. The first-order valence-corrected chi connectivity index (χ1v) is 16.8. The van der Waals surface area contributed by atoms with Crippen molar-refractivity contribution in [3.05, 3.63) is 170 Å². The number of thiophene rings is 1. The van der Waals surface area contributed by atoms with E-state index in [9.17, 15) is 0 Å². The van der Waals surface area contributed by atoms with E-state index < -0.39 is 12.2 Å². The van der Waals surface area contributed by atoms with E-state index in [0.717, 1.165) is 27.5 Å². The molecule has 2 nitrogen and oxygen atoms in total. The third kappa shape index (κ3) is 4.62. The van der Waals surface area contributed by atoms with Gasteiger partial charge in [0.15, 0.2) is 0 Å². The standard InChI is InChI=1S/C46H28N2S/c1-2-10-34-33(8-1)28-41(39-14-6-4-11-36(34)39)44-26-25-43(49-44)30-17-15-29(16-18-30)35-22-23-40(38-13-5-3-12-37(35)38)42-24-21-32-20-19-31-9-7-27-47-45(31)46(32)48-42/h1-28H/i7D,9D,19D,20D,21D,24D,27D. The average Bonchev–Trinajstić information content (AvgIpc) is 3.73. The highest BCUT2D eigenvalue weighted by atomic mass is 32.1. The predicted molar refractivity (Wildman–Crippen MR) is 209 cm³/mol. The lowest BCUT2D eigenvalue weighted by molar-refractivity contribution is 1.37. The largest absolute Gasteiger partial charge is 0.254 e. The van der Waals surface area contributed by atoms with E-state index in [-0.39, 0.29) is 57.7 Å². The highest BCUT2D eigenvalue weighted by Gasteiger charge is 2.14. The molecule has 0 unspecified atom stereocenters. The van der Waals surface area contributed by atoms with Crippen molar-refractivity contribution in [2.75, 3.05) is 0 Å². The number of hydrogen-bond donors (Lipinski definition) is 0. The second-order valence-electron chi connectivity index (χ2n) is 12.0. The van der Waals surface area contributed by atoms with E-state index in [0.29, 0.717) is 5.56 Å². The molecular formula is C46H28N2S. The zero-order valence-corrected chi connectivity index (χ0v) is 26.7. The van der Waals surface area contributed by atoms with Gasteiger partial charge < -0.3 is 0 Å². The molecule has 0 saturated heterocycles. The lowest BCUT2D eigenvalue weighted by atomic mass is 9.93. The van der Waals surface area contributed by atoms with Gasteiger partial charge in [-0.15, -0.1) is 11.3 Å². The fourth-order valence-corrected chi connectivity index (χ4v) is 7.95. The number of pyridine rings is 2. The Balaban J connectivity index is 1.06. The maximum atomic E-state index is 9.02. The first-order valence-electron chi connectivity index (χ1n) is 19.5. The summed E-state index contributed by atoms with van der Waals surface area (Å²) >= 11 is 1.78. The van der Waals surface area contributed by atoms with E-state index in [1.807, 2.05) is 36.4 Å². The Morgan fingerprint density at radius 2 is 1.06 bits per heavy atom. The van der Waals surface area contributed by atoms with Gasteiger partial charge in [-0.25, -0.2) is 4.98 Å². The minimum absolute atomic E-state index is 0.00578. The molecule has 49 heavy (non-hydrogen) atoms. The number of aromatic nitrogens is 2. The third-order valence-corrected chi connectivity index (χ3v) is 10.4. The van der Waals surface area contributed by atoms with Gasteiger partial charge in [0.25, 0.3) is 0 Å². The minimum Gasteiger partial charge on any atom is -0.254 e. The molecule has 3 aromatic heterocycles. The van der Waals surface area contributed by atoms with E-state index in [2.05, 4.69) is 96.0 Å². The summed E-state index contributed by atoms with van der Waals surface area (Å²) in [7, 11) is 0. The molecule has 0 spiro atoms. The van der Waals surface area contributed by atoms with E-state index >= 15 is 0 Å². The fourth-order valence-electron chi connectivity index (χ4n) is 6.91. The molecule has 0 radical (unpaired) electrons. The van der Waals surface area contributed by atoms with Gasteiger partial charge >= 0.3 is 0 Å². The van der Waals surface area contributed by atoms with E-state index in [4.69, 9.17) is 14.6 Å².